The maximum atomic E-state index is 12.2. The molecule has 1 atom stereocenters. The number of sulfonamides is 1. The molecule has 3 N–H and O–H groups in total. The summed E-state index contributed by atoms with van der Waals surface area (Å²) in [7, 11) is -3.53. The van der Waals surface area contributed by atoms with Crippen LogP contribution in [-0.4, -0.2) is 34.2 Å². The van der Waals surface area contributed by atoms with Gasteiger partial charge >= 0.3 is 0 Å². The molecule has 0 aliphatic rings. The third-order valence-electron chi connectivity index (χ3n) is 3.80. The minimum absolute atomic E-state index is 0.148. The van der Waals surface area contributed by atoms with Crippen LogP contribution in [0.1, 0.15) is 17.5 Å². The van der Waals surface area contributed by atoms with E-state index in [1.165, 1.54) is 5.56 Å². The van der Waals surface area contributed by atoms with Gasteiger partial charge in [-0.25, -0.2) is 13.1 Å². The summed E-state index contributed by atoms with van der Waals surface area (Å²) in [5, 5.41) is 0. The lowest BCUT2D eigenvalue weighted by molar-refractivity contribution is 0.119. The van der Waals surface area contributed by atoms with E-state index in [0.29, 0.717) is 13.2 Å². The van der Waals surface area contributed by atoms with Crippen molar-refractivity contribution in [2.24, 2.45) is 5.73 Å². The fraction of sp³-hybridized carbons (Fsp3) is 0.368. The highest BCUT2D eigenvalue weighted by molar-refractivity contribution is 7.89. The number of aryl methyl sites for hydroxylation is 2. The van der Waals surface area contributed by atoms with Crippen LogP contribution in [0.4, 0.5) is 0 Å². The zero-order chi connectivity index (χ0) is 18.1. The zero-order valence-corrected chi connectivity index (χ0v) is 15.3. The van der Waals surface area contributed by atoms with E-state index in [1.54, 1.807) is 24.3 Å². The van der Waals surface area contributed by atoms with Gasteiger partial charge in [-0.3, -0.25) is 0 Å². The van der Waals surface area contributed by atoms with Crippen LogP contribution < -0.4 is 10.5 Å². The second-order valence-corrected chi connectivity index (χ2v) is 7.86. The Balaban J connectivity index is 1.65. The van der Waals surface area contributed by atoms with Gasteiger partial charge in [0.2, 0.25) is 10.0 Å². The van der Waals surface area contributed by atoms with Crippen LogP contribution in [0, 0.1) is 6.92 Å². The summed E-state index contributed by atoms with van der Waals surface area (Å²) in [6.45, 7) is 2.99. The molecule has 2 rings (SSSR count). The van der Waals surface area contributed by atoms with E-state index in [0.717, 1.165) is 18.4 Å². The molecule has 0 heterocycles. The smallest absolute Gasteiger partial charge is 0.240 e. The van der Waals surface area contributed by atoms with Crippen LogP contribution in [0.3, 0.4) is 0 Å². The monoisotopic (exact) mass is 362 g/mol. The molecule has 2 aromatic rings. The normalized spacial score (nSPS) is 12.9. The lowest BCUT2D eigenvalue weighted by Crippen LogP contribution is -2.40. The standard InChI is InChI=1S/C19H26N2O3S/c1-16-9-11-19(12-10-16)25(22,23)21-14-18(20)15-24-13-5-8-17-6-3-2-4-7-17/h2-4,6-7,9-12,18,21H,5,8,13-15,20H2,1H3. The van der Waals surface area contributed by atoms with Crippen molar-refractivity contribution in [3.8, 4) is 0 Å². The van der Waals surface area contributed by atoms with Gasteiger partial charge in [-0.05, 0) is 37.5 Å². The van der Waals surface area contributed by atoms with E-state index in [2.05, 4.69) is 16.9 Å². The molecule has 1 unspecified atom stereocenters. The summed E-state index contributed by atoms with van der Waals surface area (Å²) in [6, 6.07) is 16.5. The molecule has 0 saturated heterocycles. The average Bonchev–Trinajstić information content (AvgIpc) is 2.61. The van der Waals surface area contributed by atoms with Crippen molar-refractivity contribution in [3.63, 3.8) is 0 Å². The molecule has 0 radical (unpaired) electrons. The van der Waals surface area contributed by atoms with Gasteiger partial charge in [0.1, 0.15) is 0 Å². The molecule has 136 valence electrons. The highest BCUT2D eigenvalue weighted by atomic mass is 32.2. The van der Waals surface area contributed by atoms with Crippen LogP contribution in [0.2, 0.25) is 0 Å². The lowest BCUT2D eigenvalue weighted by Gasteiger charge is -2.14. The van der Waals surface area contributed by atoms with E-state index in [9.17, 15) is 8.42 Å². The van der Waals surface area contributed by atoms with Crippen LogP contribution >= 0.6 is 0 Å². The van der Waals surface area contributed by atoms with Crippen molar-refractivity contribution in [2.75, 3.05) is 19.8 Å². The molecule has 25 heavy (non-hydrogen) atoms. The Morgan fingerprint density at radius 1 is 1.08 bits per heavy atom. The van der Waals surface area contributed by atoms with Crippen LogP contribution in [0.15, 0.2) is 59.5 Å². The van der Waals surface area contributed by atoms with Crippen molar-refractivity contribution in [1.29, 1.82) is 0 Å². The SMILES string of the molecule is Cc1ccc(S(=O)(=O)NCC(N)COCCCc2ccccc2)cc1. The Morgan fingerprint density at radius 2 is 1.76 bits per heavy atom. The summed E-state index contributed by atoms with van der Waals surface area (Å²) in [5.74, 6) is 0. The third kappa shape index (κ3) is 6.96. The van der Waals surface area contributed by atoms with Gasteiger partial charge in [-0.15, -0.1) is 0 Å². The third-order valence-corrected chi connectivity index (χ3v) is 5.24. The Kier molecular flexibility index (Phi) is 7.58. The van der Waals surface area contributed by atoms with Crippen molar-refractivity contribution in [2.45, 2.75) is 30.7 Å². The molecule has 0 aliphatic heterocycles. The van der Waals surface area contributed by atoms with Crippen molar-refractivity contribution in [3.05, 3.63) is 65.7 Å². The average molecular weight is 362 g/mol. The molecule has 0 spiro atoms. The molecule has 6 heteroatoms. The summed E-state index contributed by atoms with van der Waals surface area (Å²) >= 11 is 0. The molecule has 0 aromatic heterocycles. The Bertz CT molecular complexity index is 731. The first kappa shape index (κ1) is 19.6. The Morgan fingerprint density at radius 3 is 2.44 bits per heavy atom. The van der Waals surface area contributed by atoms with Gasteiger partial charge in [-0.1, -0.05) is 48.0 Å². The summed E-state index contributed by atoms with van der Waals surface area (Å²) in [6.07, 6.45) is 1.86. The first-order valence-electron chi connectivity index (χ1n) is 8.41. The highest BCUT2D eigenvalue weighted by Crippen LogP contribution is 2.09. The maximum Gasteiger partial charge on any atom is 0.240 e. The molecule has 0 amide bonds. The predicted octanol–water partition coefficient (Wildman–Crippen LogP) is 2.25. The first-order chi connectivity index (χ1) is 12.0. The van der Waals surface area contributed by atoms with Gasteiger partial charge < -0.3 is 10.5 Å². The molecule has 0 saturated carbocycles. The molecule has 0 bridgehead atoms. The van der Waals surface area contributed by atoms with Crippen molar-refractivity contribution >= 4 is 10.0 Å². The molecule has 2 aromatic carbocycles. The number of hydrogen-bond acceptors (Lipinski definition) is 4. The summed E-state index contributed by atoms with van der Waals surface area (Å²) < 4.78 is 32.4. The number of nitrogens with two attached hydrogens (primary N) is 1. The molecule has 5 nitrogen and oxygen atoms in total. The van der Waals surface area contributed by atoms with Crippen molar-refractivity contribution in [1.82, 2.24) is 4.72 Å². The highest BCUT2D eigenvalue weighted by Gasteiger charge is 2.15. The van der Waals surface area contributed by atoms with E-state index in [-0.39, 0.29) is 17.5 Å². The number of nitrogens with one attached hydrogen (secondary N) is 1. The van der Waals surface area contributed by atoms with Gasteiger partial charge in [0.25, 0.3) is 0 Å². The van der Waals surface area contributed by atoms with Crippen LogP contribution in [0.5, 0.6) is 0 Å². The largest absolute Gasteiger partial charge is 0.380 e. The summed E-state index contributed by atoms with van der Waals surface area (Å²) in [4.78, 5) is 0.245. The second-order valence-electron chi connectivity index (χ2n) is 6.09. The number of hydrogen-bond donors (Lipinski definition) is 2. The quantitative estimate of drug-likeness (QED) is 0.635. The fourth-order valence-electron chi connectivity index (χ4n) is 2.33. The summed E-state index contributed by atoms with van der Waals surface area (Å²) in [5.41, 5.74) is 8.22. The lowest BCUT2D eigenvalue weighted by atomic mass is 10.1. The maximum absolute atomic E-state index is 12.2. The van der Waals surface area contributed by atoms with Gasteiger partial charge in [0.05, 0.1) is 11.5 Å². The fourth-order valence-corrected chi connectivity index (χ4v) is 3.43. The molecule has 0 fully saturated rings. The number of ether oxygens (including phenoxy) is 1. The molecule has 0 aliphatic carbocycles. The Labute approximate surface area is 150 Å². The Hall–Kier alpha value is -1.73. The van der Waals surface area contributed by atoms with E-state index in [4.69, 9.17) is 10.5 Å². The first-order valence-corrected chi connectivity index (χ1v) is 9.89. The van der Waals surface area contributed by atoms with Gasteiger partial charge in [0.15, 0.2) is 0 Å². The number of rotatable bonds is 10. The molecular weight excluding hydrogens is 336 g/mol. The van der Waals surface area contributed by atoms with Gasteiger partial charge in [0, 0.05) is 19.2 Å². The van der Waals surface area contributed by atoms with Gasteiger partial charge in [-0.2, -0.15) is 0 Å². The minimum atomic E-state index is -3.53. The second kappa shape index (κ2) is 9.68. The predicted molar refractivity (Wildman–Crippen MR) is 99.9 cm³/mol. The minimum Gasteiger partial charge on any atom is -0.380 e. The van der Waals surface area contributed by atoms with Crippen LogP contribution in [0.25, 0.3) is 0 Å². The van der Waals surface area contributed by atoms with Crippen LogP contribution in [-0.2, 0) is 21.2 Å². The molecular formula is C19H26N2O3S. The zero-order valence-electron chi connectivity index (χ0n) is 14.5. The van der Waals surface area contributed by atoms with E-state index >= 15 is 0 Å². The van der Waals surface area contributed by atoms with E-state index in [1.807, 2.05) is 25.1 Å². The topological polar surface area (TPSA) is 81.4 Å². The number of benzene rings is 2. The van der Waals surface area contributed by atoms with E-state index < -0.39 is 10.0 Å². The van der Waals surface area contributed by atoms with Crippen molar-refractivity contribution < 1.29 is 13.2 Å².